The Bertz CT molecular complexity index is 433. The van der Waals surface area contributed by atoms with Crippen LogP contribution in [0, 0.1) is 0 Å². The summed E-state index contributed by atoms with van der Waals surface area (Å²) in [6.07, 6.45) is 1.31. The Balaban J connectivity index is 4.02. The van der Waals surface area contributed by atoms with Crippen LogP contribution in [0.4, 0.5) is 0 Å². The number of carboxylic acid groups (broad SMARTS) is 1. The Labute approximate surface area is 109 Å². The Morgan fingerprint density at radius 3 is 2.37 bits per heavy atom. The highest BCUT2D eigenvalue weighted by Gasteiger charge is 2.14. The number of carbonyl (C=O) groups excluding carboxylic acids is 1. The summed E-state index contributed by atoms with van der Waals surface area (Å²) in [5.41, 5.74) is 0.0931. The quantitative estimate of drug-likeness (QED) is 0.257. The highest BCUT2D eigenvalue weighted by Crippen LogP contribution is 2.35. The van der Waals surface area contributed by atoms with Gasteiger partial charge in [0.2, 0.25) is 0 Å². The molecule has 0 fully saturated rings. The number of phosphoric ester groups is 1. The number of allylic oxidation sites excluding steroid dienone is 1. The minimum atomic E-state index is -4.57. The predicted molar refractivity (Wildman–Crippen MR) is 64.1 cm³/mol. The van der Waals surface area contributed by atoms with Crippen LogP contribution in [0.3, 0.4) is 0 Å². The van der Waals surface area contributed by atoms with Gasteiger partial charge >= 0.3 is 19.8 Å². The lowest BCUT2D eigenvalue weighted by molar-refractivity contribution is -0.140. The molecule has 0 atom stereocenters. The highest BCUT2D eigenvalue weighted by molar-refractivity contribution is 7.46. The van der Waals surface area contributed by atoms with Crippen LogP contribution in [-0.2, 0) is 23.4 Å². The molecule has 3 N–H and O–H groups in total. The standard InChI is InChI=1S/C10H15O8P/c1-7(9(11)12)3-4-8(2)10(13)17-5-6-18-19(14,15)16/h3H,2,4-6H2,1H3,(H,11,12)(H2,14,15,16). The molecule has 0 heterocycles. The monoisotopic (exact) mass is 294 g/mol. The number of ether oxygens (including phenoxy) is 1. The zero-order chi connectivity index (χ0) is 15.1. The summed E-state index contributed by atoms with van der Waals surface area (Å²) >= 11 is 0. The average molecular weight is 294 g/mol. The minimum Gasteiger partial charge on any atom is -0.478 e. The summed E-state index contributed by atoms with van der Waals surface area (Å²) in [5, 5.41) is 8.58. The van der Waals surface area contributed by atoms with Crippen molar-refractivity contribution in [3.63, 3.8) is 0 Å². The van der Waals surface area contributed by atoms with Gasteiger partial charge in [-0.2, -0.15) is 0 Å². The molecule has 0 radical (unpaired) electrons. The van der Waals surface area contributed by atoms with Crippen molar-refractivity contribution in [3.05, 3.63) is 23.8 Å². The van der Waals surface area contributed by atoms with Crippen LogP contribution in [0.25, 0.3) is 0 Å². The van der Waals surface area contributed by atoms with E-state index in [9.17, 15) is 14.2 Å². The van der Waals surface area contributed by atoms with Crippen molar-refractivity contribution in [3.8, 4) is 0 Å². The Hall–Kier alpha value is -1.47. The molecule has 0 saturated carbocycles. The van der Waals surface area contributed by atoms with E-state index in [-0.39, 0.29) is 24.2 Å². The third-order valence-corrected chi connectivity index (χ3v) is 2.38. The SMILES string of the molecule is C=C(CC=C(C)C(=O)O)C(=O)OCCOP(=O)(O)O. The Morgan fingerprint density at radius 1 is 1.32 bits per heavy atom. The van der Waals surface area contributed by atoms with Crippen LogP contribution in [0.5, 0.6) is 0 Å². The first-order chi connectivity index (χ1) is 8.63. The van der Waals surface area contributed by atoms with E-state index in [0.717, 1.165) is 0 Å². The van der Waals surface area contributed by atoms with Crippen molar-refractivity contribution in [1.29, 1.82) is 0 Å². The summed E-state index contributed by atoms with van der Waals surface area (Å²) in [5.74, 6) is -1.89. The van der Waals surface area contributed by atoms with Gasteiger partial charge in [-0.1, -0.05) is 12.7 Å². The third kappa shape index (κ3) is 9.15. The molecule has 0 aliphatic heterocycles. The lowest BCUT2D eigenvalue weighted by Gasteiger charge is -2.07. The molecular formula is C10H15O8P. The molecule has 19 heavy (non-hydrogen) atoms. The fourth-order valence-corrected chi connectivity index (χ4v) is 1.15. The lowest BCUT2D eigenvalue weighted by Crippen LogP contribution is -2.11. The number of phosphoric acid groups is 1. The molecule has 0 aromatic heterocycles. The van der Waals surface area contributed by atoms with Crippen molar-refractivity contribution >= 4 is 19.8 Å². The molecule has 9 heteroatoms. The fourth-order valence-electron chi connectivity index (χ4n) is 0.840. The van der Waals surface area contributed by atoms with Gasteiger partial charge in [-0.25, -0.2) is 14.2 Å². The summed E-state index contributed by atoms with van der Waals surface area (Å²) in [6.45, 7) is 3.98. The van der Waals surface area contributed by atoms with Gasteiger partial charge in [0.05, 0.1) is 6.61 Å². The molecule has 0 amide bonds. The molecule has 0 spiro atoms. The number of hydrogen-bond acceptors (Lipinski definition) is 5. The van der Waals surface area contributed by atoms with E-state index < -0.39 is 26.4 Å². The van der Waals surface area contributed by atoms with E-state index in [4.69, 9.17) is 14.9 Å². The van der Waals surface area contributed by atoms with Gasteiger partial charge in [0.15, 0.2) is 0 Å². The molecule has 0 bridgehead atoms. The van der Waals surface area contributed by atoms with E-state index in [0.29, 0.717) is 0 Å². The zero-order valence-electron chi connectivity index (χ0n) is 10.2. The average Bonchev–Trinajstić information content (AvgIpc) is 2.29. The molecule has 0 aliphatic rings. The minimum absolute atomic E-state index is 0.0102. The first kappa shape index (κ1) is 17.5. The maximum atomic E-state index is 11.3. The third-order valence-electron chi connectivity index (χ3n) is 1.86. The van der Waals surface area contributed by atoms with Crippen LogP contribution >= 0.6 is 7.82 Å². The molecule has 0 aromatic rings. The Morgan fingerprint density at radius 2 is 1.89 bits per heavy atom. The number of hydrogen-bond donors (Lipinski definition) is 3. The second-order valence-electron chi connectivity index (χ2n) is 3.46. The molecule has 108 valence electrons. The van der Waals surface area contributed by atoms with Gasteiger partial charge in [0.1, 0.15) is 6.61 Å². The molecule has 0 saturated heterocycles. The summed E-state index contributed by atoms with van der Waals surface area (Å²) in [7, 11) is -4.57. The number of rotatable bonds is 8. The number of carbonyl (C=O) groups is 2. The van der Waals surface area contributed by atoms with Gasteiger partial charge in [0.25, 0.3) is 0 Å². The van der Waals surface area contributed by atoms with Crippen molar-refractivity contribution < 1.29 is 38.3 Å². The zero-order valence-corrected chi connectivity index (χ0v) is 11.1. The smallest absolute Gasteiger partial charge is 0.469 e. The van der Waals surface area contributed by atoms with Crippen molar-refractivity contribution in [2.45, 2.75) is 13.3 Å². The molecule has 8 nitrogen and oxygen atoms in total. The first-order valence-corrected chi connectivity index (χ1v) is 6.61. The van der Waals surface area contributed by atoms with Crippen LogP contribution < -0.4 is 0 Å². The predicted octanol–water partition coefficient (Wildman–Crippen LogP) is 0.616. The van der Waals surface area contributed by atoms with E-state index in [1.165, 1.54) is 13.0 Å². The fraction of sp³-hybridized carbons (Fsp3) is 0.400. The Kier molecular flexibility index (Phi) is 7.25. The summed E-state index contributed by atoms with van der Waals surface area (Å²) in [4.78, 5) is 38.5. The van der Waals surface area contributed by atoms with Gasteiger partial charge < -0.3 is 19.6 Å². The number of aliphatic carboxylic acids is 1. The summed E-state index contributed by atoms with van der Waals surface area (Å²) in [6, 6.07) is 0. The summed E-state index contributed by atoms with van der Waals surface area (Å²) < 4.78 is 19.0. The first-order valence-electron chi connectivity index (χ1n) is 5.08. The maximum absolute atomic E-state index is 11.3. The van der Waals surface area contributed by atoms with Gasteiger partial charge in [-0.3, -0.25) is 4.52 Å². The number of carboxylic acids is 1. The van der Waals surface area contributed by atoms with Crippen molar-refractivity contribution in [2.24, 2.45) is 0 Å². The topological polar surface area (TPSA) is 130 Å². The second-order valence-corrected chi connectivity index (χ2v) is 4.70. The van der Waals surface area contributed by atoms with E-state index in [1.54, 1.807) is 0 Å². The van der Waals surface area contributed by atoms with Crippen LogP contribution in [0.15, 0.2) is 23.8 Å². The van der Waals surface area contributed by atoms with Gasteiger partial charge in [0, 0.05) is 11.1 Å². The van der Waals surface area contributed by atoms with Crippen molar-refractivity contribution in [1.82, 2.24) is 0 Å². The van der Waals surface area contributed by atoms with Gasteiger partial charge in [-0.15, -0.1) is 0 Å². The highest BCUT2D eigenvalue weighted by atomic mass is 31.2. The second kappa shape index (κ2) is 7.85. The normalized spacial score (nSPS) is 12.1. The molecule has 0 aliphatic carbocycles. The molecule has 0 rings (SSSR count). The van der Waals surface area contributed by atoms with Crippen LogP contribution in [-0.4, -0.2) is 40.0 Å². The molecule has 0 unspecified atom stereocenters. The lowest BCUT2D eigenvalue weighted by atomic mass is 10.1. The van der Waals surface area contributed by atoms with Crippen molar-refractivity contribution in [2.75, 3.05) is 13.2 Å². The molecule has 0 aromatic carbocycles. The maximum Gasteiger partial charge on any atom is 0.469 e. The van der Waals surface area contributed by atoms with E-state index in [1.807, 2.05) is 0 Å². The van der Waals surface area contributed by atoms with Crippen LogP contribution in [0.2, 0.25) is 0 Å². The number of esters is 1. The van der Waals surface area contributed by atoms with Gasteiger partial charge in [-0.05, 0) is 13.3 Å². The van der Waals surface area contributed by atoms with E-state index in [2.05, 4.69) is 15.8 Å². The largest absolute Gasteiger partial charge is 0.478 e. The van der Waals surface area contributed by atoms with Crippen LogP contribution in [0.1, 0.15) is 13.3 Å². The van der Waals surface area contributed by atoms with E-state index >= 15 is 0 Å². The molecular weight excluding hydrogens is 279 g/mol.